The molecular weight excluding hydrogens is 266 g/mol. The fourth-order valence-electron chi connectivity index (χ4n) is 1.68. The van der Waals surface area contributed by atoms with Crippen molar-refractivity contribution in [2.45, 2.75) is 13.8 Å². The second-order valence-electron chi connectivity index (χ2n) is 4.59. The van der Waals surface area contributed by atoms with Crippen LogP contribution in [-0.2, 0) is 0 Å². The Bertz CT molecular complexity index is 503. The van der Waals surface area contributed by atoms with Gasteiger partial charge in [0.15, 0.2) is 0 Å². The number of halogens is 1. The van der Waals surface area contributed by atoms with Crippen molar-refractivity contribution in [3.8, 4) is 0 Å². The van der Waals surface area contributed by atoms with E-state index in [1.165, 1.54) is 4.90 Å². The van der Waals surface area contributed by atoms with Gasteiger partial charge in [-0.3, -0.25) is 4.79 Å². The van der Waals surface area contributed by atoms with Crippen LogP contribution in [0.25, 0.3) is 0 Å². The Hall–Kier alpha value is -1.75. The molecular formula is C13H18ClN3O2. The summed E-state index contributed by atoms with van der Waals surface area (Å²) in [5.74, 6) is -0.333. The summed E-state index contributed by atoms with van der Waals surface area (Å²) < 4.78 is 0. The number of aryl methyl sites for hydroxylation is 1. The Labute approximate surface area is 117 Å². The molecule has 1 aromatic rings. The summed E-state index contributed by atoms with van der Waals surface area (Å²) in [6.45, 7) is 4.03. The van der Waals surface area contributed by atoms with Crippen LogP contribution in [0.4, 0.5) is 0 Å². The third-order valence-electron chi connectivity index (χ3n) is 2.87. The van der Waals surface area contributed by atoms with E-state index < -0.39 is 0 Å². The van der Waals surface area contributed by atoms with E-state index in [4.69, 9.17) is 22.5 Å². The van der Waals surface area contributed by atoms with Gasteiger partial charge in [-0.2, -0.15) is 0 Å². The summed E-state index contributed by atoms with van der Waals surface area (Å²) in [7, 11) is 1.65. The molecule has 0 aliphatic rings. The van der Waals surface area contributed by atoms with Crippen molar-refractivity contribution in [1.29, 1.82) is 0 Å². The number of nitrogens with two attached hydrogens (primary N) is 1. The number of hydrogen-bond acceptors (Lipinski definition) is 3. The van der Waals surface area contributed by atoms with E-state index in [0.717, 1.165) is 5.56 Å². The van der Waals surface area contributed by atoms with Crippen LogP contribution >= 0.6 is 11.6 Å². The van der Waals surface area contributed by atoms with Gasteiger partial charge in [-0.25, -0.2) is 0 Å². The molecule has 0 aromatic heterocycles. The van der Waals surface area contributed by atoms with Crippen molar-refractivity contribution in [2.75, 3.05) is 13.6 Å². The van der Waals surface area contributed by atoms with E-state index in [1.54, 1.807) is 26.1 Å². The van der Waals surface area contributed by atoms with E-state index in [-0.39, 0.29) is 17.7 Å². The van der Waals surface area contributed by atoms with Crippen molar-refractivity contribution < 1.29 is 10.0 Å². The van der Waals surface area contributed by atoms with Crippen LogP contribution in [-0.4, -0.2) is 35.4 Å². The molecule has 1 unspecified atom stereocenters. The number of amidine groups is 1. The normalized spacial score (nSPS) is 13.2. The zero-order chi connectivity index (χ0) is 14.6. The quantitative estimate of drug-likeness (QED) is 0.384. The molecule has 5 nitrogen and oxygen atoms in total. The summed E-state index contributed by atoms with van der Waals surface area (Å²) in [6.07, 6.45) is 0. The van der Waals surface area contributed by atoms with Gasteiger partial charge >= 0.3 is 0 Å². The molecule has 1 amide bonds. The van der Waals surface area contributed by atoms with Crippen LogP contribution in [0.3, 0.4) is 0 Å². The number of benzene rings is 1. The van der Waals surface area contributed by atoms with E-state index in [1.807, 2.05) is 13.0 Å². The predicted octanol–water partition coefficient (Wildman–Crippen LogP) is 2.10. The first-order valence-corrected chi connectivity index (χ1v) is 6.23. The van der Waals surface area contributed by atoms with Gasteiger partial charge in [-0.1, -0.05) is 29.7 Å². The van der Waals surface area contributed by atoms with E-state index >= 15 is 0 Å². The molecule has 0 aliphatic carbocycles. The van der Waals surface area contributed by atoms with Crippen LogP contribution in [0.5, 0.6) is 0 Å². The highest BCUT2D eigenvalue weighted by Gasteiger charge is 2.18. The van der Waals surface area contributed by atoms with Gasteiger partial charge in [-0.15, -0.1) is 0 Å². The number of nitrogens with zero attached hydrogens (tertiary/aromatic N) is 2. The molecule has 6 heteroatoms. The van der Waals surface area contributed by atoms with Gasteiger partial charge in [0.1, 0.15) is 5.84 Å². The number of rotatable bonds is 4. The minimum atomic E-state index is -0.233. The second-order valence-corrected chi connectivity index (χ2v) is 5.00. The zero-order valence-electron chi connectivity index (χ0n) is 11.2. The summed E-state index contributed by atoms with van der Waals surface area (Å²) in [5, 5.41) is 11.9. The first-order valence-electron chi connectivity index (χ1n) is 5.85. The molecule has 0 bridgehead atoms. The minimum Gasteiger partial charge on any atom is -0.409 e. The van der Waals surface area contributed by atoms with Gasteiger partial charge in [-0.05, 0) is 24.6 Å². The molecule has 0 saturated heterocycles. The minimum absolute atomic E-state index is 0.0923. The van der Waals surface area contributed by atoms with E-state index in [9.17, 15) is 4.79 Å². The van der Waals surface area contributed by atoms with Gasteiger partial charge in [0.25, 0.3) is 5.91 Å². The molecule has 0 fully saturated rings. The summed E-state index contributed by atoms with van der Waals surface area (Å²) >= 11 is 6.06. The topological polar surface area (TPSA) is 78.9 Å². The highest BCUT2D eigenvalue weighted by molar-refractivity contribution is 6.33. The van der Waals surface area contributed by atoms with Crippen LogP contribution in [0, 0.1) is 12.8 Å². The van der Waals surface area contributed by atoms with Gasteiger partial charge < -0.3 is 15.8 Å². The van der Waals surface area contributed by atoms with Crippen LogP contribution in [0.1, 0.15) is 22.8 Å². The average Bonchev–Trinajstić information content (AvgIpc) is 2.36. The lowest BCUT2D eigenvalue weighted by atomic mass is 10.1. The highest BCUT2D eigenvalue weighted by atomic mass is 35.5. The van der Waals surface area contributed by atoms with Gasteiger partial charge in [0.2, 0.25) is 0 Å². The van der Waals surface area contributed by atoms with Crippen molar-refractivity contribution >= 4 is 23.3 Å². The largest absolute Gasteiger partial charge is 0.409 e. The number of carbonyl (C=O) groups excluding carboxylic acids is 1. The molecule has 0 heterocycles. The first-order chi connectivity index (χ1) is 8.86. The molecule has 3 N–H and O–H groups in total. The highest BCUT2D eigenvalue weighted by Crippen LogP contribution is 2.19. The predicted molar refractivity (Wildman–Crippen MR) is 75.7 cm³/mol. The maximum absolute atomic E-state index is 12.2. The SMILES string of the molecule is Cc1ccc(C(=O)N(C)CC(C)/C(N)=N/O)c(Cl)c1. The van der Waals surface area contributed by atoms with Gasteiger partial charge in [0, 0.05) is 19.5 Å². The number of carbonyl (C=O) groups is 1. The summed E-state index contributed by atoms with van der Waals surface area (Å²) in [4.78, 5) is 13.7. The number of oxime groups is 1. The Morgan fingerprint density at radius 1 is 1.58 bits per heavy atom. The molecule has 0 aliphatic heterocycles. The van der Waals surface area contributed by atoms with Crippen molar-refractivity contribution in [2.24, 2.45) is 16.8 Å². The Kier molecular flexibility index (Phi) is 5.18. The number of amides is 1. The third kappa shape index (κ3) is 3.86. The Balaban J connectivity index is 2.82. The molecule has 0 saturated carbocycles. The van der Waals surface area contributed by atoms with Gasteiger partial charge in [0.05, 0.1) is 10.6 Å². The standard InChI is InChI=1S/C13H18ClN3O2/c1-8-4-5-10(11(14)6-8)13(18)17(3)7-9(2)12(15)16-19/h4-6,9,19H,7H2,1-3H3,(H2,15,16). The Morgan fingerprint density at radius 2 is 2.21 bits per heavy atom. The molecule has 19 heavy (non-hydrogen) atoms. The smallest absolute Gasteiger partial charge is 0.255 e. The zero-order valence-corrected chi connectivity index (χ0v) is 12.0. The molecule has 1 atom stereocenters. The van der Waals surface area contributed by atoms with E-state index in [2.05, 4.69) is 5.16 Å². The first kappa shape index (κ1) is 15.3. The van der Waals surface area contributed by atoms with Crippen LogP contribution in [0.15, 0.2) is 23.4 Å². The molecule has 1 rings (SSSR count). The fraction of sp³-hybridized carbons (Fsp3) is 0.385. The Morgan fingerprint density at radius 3 is 2.74 bits per heavy atom. The second kappa shape index (κ2) is 6.43. The average molecular weight is 284 g/mol. The maximum atomic E-state index is 12.2. The van der Waals surface area contributed by atoms with Crippen molar-refractivity contribution in [1.82, 2.24) is 4.90 Å². The van der Waals surface area contributed by atoms with Crippen LogP contribution in [0.2, 0.25) is 5.02 Å². The summed E-state index contributed by atoms with van der Waals surface area (Å²) in [5.41, 5.74) is 6.93. The van der Waals surface area contributed by atoms with E-state index in [0.29, 0.717) is 17.1 Å². The lowest BCUT2D eigenvalue weighted by Gasteiger charge is -2.21. The van der Waals surface area contributed by atoms with Crippen molar-refractivity contribution in [3.05, 3.63) is 34.3 Å². The molecule has 0 spiro atoms. The third-order valence-corrected chi connectivity index (χ3v) is 3.18. The number of hydrogen-bond donors (Lipinski definition) is 2. The maximum Gasteiger partial charge on any atom is 0.255 e. The molecule has 104 valence electrons. The lowest BCUT2D eigenvalue weighted by molar-refractivity contribution is 0.0786. The molecule has 0 radical (unpaired) electrons. The summed E-state index contributed by atoms with van der Waals surface area (Å²) in [6, 6.07) is 5.28. The monoisotopic (exact) mass is 283 g/mol. The lowest BCUT2D eigenvalue weighted by Crippen LogP contribution is -2.36. The fourth-order valence-corrected chi connectivity index (χ4v) is 2.00. The van der Waals surface area contributed by atoms with Crippen LogP contribution < -0.4 is 5.73 Å². The van der Waals surface area contributed by atoms with Crippen molar-refractivity contribution in [3.63, 3.8) is 0 Å². The molecule has 1 aromatic carbocycles.